The van der Waals surface area contributed by atoms with E-state index in [9.17, 15) is 4.79 Å². The third kappa shape index (κ3) is 2.88. The highest BCUT2D eigenvalue weighted by Gasteiger charge is 2.43. The SMILES string of the molecule is Nc1ccc(CCC(=O)C2CCOC3(CCC3)C2)cc1. The monoisotopic (exact) mass is 273 g/mol. The van der Waals surface area contributed by atoms with Gasteiger partial charge in [0.1, 0.15) is 5.78 Å². The molecular weight excluding hydrogens is 250 g/mol. The normalized spacial score (nSPS) is 24.3. The summed E-state index contributed by atoms with van der Waals surface area (Å²) in [7, 11) is 0. The van der Waals surface area contributed by atoms with Crippen molar-refractivity contribution in [1.29, 1.82) is 0 Å². The Labute approximate surface area is 120 Å². The van der Waals surface area contributed by atoms with Crippen LogP contribution in [0.4, 0.5) is 5.69 Å². The fraction of sp³-hybridized carbons (Fsp3) is 0.588. The van der Waals surface area contributed by atoms with Crippen LogP contribution in [-0.2, 0) is 16.0 Å². The number of anilines is 1. The second-order valence-corrected chi connectivity index (χ2v) is 6.28. The van der Waals surface area contributed by atoms with Crippen LogP contribution in [0.5, 0.6) is 0 Å². The molecule has 1 saturated carbocycles. The average Bonchev–Trinajstić information content (AvgIpc) is 2.45. The summed E-state index contributed by atoms with van der Waals surface area (Å²) in [6, 6.07) is 7.83. The van der Waals surface area contributed by atoms with Crippen LogP contribution < -0.4 is 5.73 Å². The molecule has 2 N–H and O–H groups in total. The Morgan fingerprint density at radius 1 is 1.30 bits per heavy atom. The molecule has 1 aliphatic carbocycles. The number of nitrogens with two attached hydrogens (primary N) is 1. The zero-order chi connectivity index (χ0) is 14.0. The maximum atomic E-state index is 12.4. The van der Waals surface area contributed by atoms with Gasteiger partial charge in [-0.3, -0.25) is 4.79 Å². The average molecular weight is 273 g/mol. The van der Waals surface area contributed by atoms with Crippen molar-refractivity contribution < 1.29 is 9.53 Å². The number of aryl methyl sites for hydroxylation is 1. The molecule has 3 heteroatoms. The van der Waals surface area contributed by atoms with Crippen LogP contribution in [0.1, 0.15) is 44.1 Å². The number of rotatable bonds is 4. The van der Waals surface area contributed by atoms with Crippen molar-refractivity contribution in [3.8, 4) is 0 Å². The first-order chi connectivity index (χ1) is 9.67. The van der Waals surface area contributed by atoms with Gasteiger partial charge < -0.3 is 10.5 Å². The number of hydrogen-bond acceptors (Lipinski definition) is 3. The largest absolute Gasteiger partial charge is 0.399 e. The van der Waals surface area contributed by atoms with Crippen molar-refractivity contribution in [3.63, 3.8) is 0 Å². The van der Waals surface area contributed by atoms with E-state index in [1.54, 1.807) is 0 Å². The number of benzene rings is 1. The van der Waals surface area contributed by atoms with E-state index in [0.29, 0.717) is 12.2 Å². The zero-order valence-corrected chi connectivity index (χ0v) is 11.9. The molecular formula is C17H23NO2. The van der Waals surface area contributed by atoms with E-state index in [1.807, 2.05) is 24.3 Å². The van der Waals surface area contributed by atoms with E-state index in [1.165, 1.54) is 12.0 Å². The Balaban J connectivity index is 1.52. The molecule has 108 valence electrons. The molecule has 0 radical (unpaired) electrons. The van der Waals surface area contributed by atoms with E-state index >= 15 is 0 Å². The van der Waals surface area contributed by atoms with Gasteiger partial charge in [0.15, 0.2) is 0 Å². The van der Waals surface area contributed by atoms with Crippen molar-refractivity contribution in [2.45, 2.75) is 50.5 Å². The maximum Gasteiger partial charge on any atom is 0.136 e. The van der Waals surface area contributed by atoms with E-state index in [0.717, 1.165) is 44.4 Å². The summed E-state index contributed by atoms with van der Waals surface area (Å²) >= 11 is 0. The number of Topliss-reactive ketones (excluding diaryl/α,β-unsaturated/α-hetero) is 1. The van der Waals surface area contributed by atoms with Gasteiger partial charge in [0.05, 0.1) is 5.60 Å². The van der Waals surface area contributed by atoms with Crippen LogP contribution in [0.25, 0.3) is 0 Å². The molecule has 1 unspecified atom stereocenters. The number of hydrogen-bond donors (Lipinski definition) is 1. The number of ether oxygens (including phenoxy) is 1. The smallest absolute Gasteiger partial charge is 0.136 e. The minimum Gasteiger partial charge on any atom is -0.399 e. The number of carbonyl (C=O) groups is 1. The van der Waals surface area contributed by atoms with Crippen LogP contribution in [0.2, 0.25) is 0 Å². The Bertz CT molecular complexity index is 476. The van der Waals surface area contributed by atoms with Gasteiger partial charge >= 0.3 is 0 Å². The standard InChI is InChI=1S/C17H23NO2/c18-15-5-2-13(3-6-15)4-7-16(19)14-8-11-20-17(12-14)9-1-10-17/h2-3,5-6,14H,1,4,7-12,18H2. The third-order valence-electron chi connectivity index (χ3n) is 4.85. The minimum absolute atomic E-state index is 0.0692. The van der Waals surface area contributed by atoms with Crippen molar-refractivity contribution >= 4 is 11.5 Å². The van der Waals surface area contributed by atoms with Gasteiger partial charge in [-0.2, -0.15) is 0 Å². The first kappa shape index (κ1) is 13.6. The van der Waals surface area contributed by atoms with Crippen molar-refractivity contribution in [2.24, 2.45) is 5.92 Å². The molecule has 0 bridgehead atoms. The molecule has 0 aromatic heterocycles. The summed E-state index contributed by atoms with van der Waals surface area (Å²) in [6.45, 7) is 0.762. The van der Waals surface area contributed by atoms with Gasteiger partial charge in [-0.05, 0) is 56.2 Å². The van der Waals surface area contributed by atoms with Gasteiger partial charge in [-0.25, -0.2) is 0 Å². The van der Waals surface area contributed by atoms with Crippen LogP contribution in [-0.4, -0.2) is 18.0 Å². The summed E-state index contributed by atoms with van der Waals surface area (Å²) in [6.07, 6.45) is 6.87. The highest BCUT2D eigenvalue weighted by atomic mass is 16.5. The second kappa shape index (κ2) is 5.57. The third-order valence-corrected chi connectivity index (χ3v) is 4.85. The molecule has 1 aliphatic heterocycles. The molecule has 1 heterocycles. The molecule has 2 aliphatic rings. The molecule has 1 spiro atoms. The molecule has 0 amide bonds. The fourth-order valence-electron chi connectivity index (χ4n) is 3.38. The van der Waals surface area contributed by atoms with Crippen molar-refractivity contribution in [1.82, 2.24) is 0 Å². The molecule has 1 saturated heterocycles. The zero-order valence-electron chi connectivity index (χ0n) is 11.9. The molecule has 3 rings (SSSR count). The quantitative estimate of drug-likeness (QED) is 0.858. The van der Waals surface area contributed by atoms with E-state index < -0.39 is 0 Å². The van der Waals surface area contributed by atoms with E-state index in [2.05, 4.69) is 0 Å². The van der Waals surface area contributed by atoms with Crippen LogP contribution >= 0.6 is 0 Å². The molecule has 2 fully saturated rings. The number of carbonyl (C=O) groups excluding carboxylic acids is 1. The summed E-state index contributed by atoms with van der Waals surface area (Å²) in [5.74, 6) is 0.634. The first-order valence-corrected chi connectivity index (χ1v) is 7.68. The summed E-state index contributed by atoms with van der Waals surface area (Å²) in [4.78, 5) is 12.4. The lowest BCUT2D eigenvalue weighted by atomic mass is 9.71. The highest BCUT2D eigenvalue weighted by Crippen LogP contribution is 2.44. The Hall–Kier alpha value is -1.35. The number of nitrogen functional groups attached to an aromatic ring is 1. The lowest BCUT2D eigenvalue weighted by molar-refractivity contribution is -0.155. The lowest BCUT2D eigenvalue weighted by Crippen LogP contribution is -2.47. The first-order valence-electron chi connectivity index (χ1n) is 7.68. The molecule has 20 heavy (non-hydrogen) atoms. The van der Waals surface area contributed by atoms with Gasteiger partial charge in [0.2, 0.25) is 0 Å². The van der Waals surface area contributed by atoms with Crippen molar-refractivity contribution in [3.05, 3.63) is 29.8 Å². The fourth-order valence-corrected chi connectivity index (χ4v) is 3.38. The van der Waals surface area contributed by atoms with Crippen molar-refractivity contribution in [2.75, 3.05) is 12.3 Å². The van der Waals surface area contributed by atoms with Crippen LogP contribution in [0.3, 0.4) is 0 Å². The number of ketones is 1. The van der Waals surface area contributed by atoms with E-state index in [-0.39, 0.29) is 11.5 Å². The molecule has 1 aromatic carbocycles. The topological polar surface area (TPSA) is 52.3 Å². The van der Waals surface area contributed by atoms with Gasteiger partial charge in [-0.1, -0.05) is 12.1 Å². The van der Waals surface area contributed by atoms with Gasteiger partial charge in [0.25, 0.3) is 0 Å². The Kier molecular flexibility index (Phi) is 3.79. The molecule has 3 nitrogen and oxygen atoms in total. The summed E-state index contributed by atoms with van der Waals surface area (Å²) in [5.41, 5.74) is 7.71. The van der Waals surface area contributed by atoms with E-state index in [4.69, 9.17) is 10.5 Å². The summed E-state index contributed by atoms with van der Waals surface area (Å²) in [5, 5.41) is 0. The predicted octanol–water partition coefficient (Wildman–Crippen LogP) is 3.12. The van der Waals surface area contributed by atoms with Gasteiger partial charge in [-0.15, -0.1) is 0 Å². The summed E-state index contributed by atoms with van der Waals surface area (Å²) < 4.78 is 5.89. The predicted molar refractivity (Wildman–Crippen MR) is 79.4 cm³/mol. The Morgan fingerprint density at radius 3 is 2.70 bits per heavy atom. The maximum absolute atomic E-state index is 12.4. The second-order valence-electron chi connectivity index (χ2n) is 6.28. The Morgan fingerprint density at radius 2 is 2.05 bits per heavy atom. The van der Waals surface area contributed by atoms with Gasteiger partial charge in [0, 0.05) is 24.6 Å². The molecule has 1 aromatic rings. The lowest BCUT2D eigenvalue weighted by Gasteiger charge is -2.46. The minimum atomic E-state index is 0.0692. The molecule has 1 atom stereocenters. The van der Waals surface area contributed by atoms with Crippen LogP contribution in [0.15, 0.2) is 24.3 Å². The highest BCUT2D eigenvalue weighted by molar-refractivity contribution is 5.81. The van der Waals surface area contributed by atoms with Crippen LogP contribution in [0, 0.1) is 5.92 Å².